The van der Waals surface area contributed by atoms with Gasteiger partial charge in [0.15, 0.2) is 11.5 Å². The first-order valence-corrected chi connectivity index (χ1v) is 8.50. The number of halogens is 2. The van der Waals surface area contributed by atoms with Gasteiger partial charge in [-0.1, -0.05) is 17.7 Å². The minimum Gasteiger partial charge on any atom is -0.492 e. The number of benzene rings is 2. The Morgan fingerprint density at radius 3 is 2.68 bits per heavy atom. The van der Waals surface area contributed by atoms with Crippen LogP contribution in [-0.2, 0) is 6.54 Å². The zero-order valence-corrected chi connectivity index (χ0v) is 15.8. The highest BCUT2D eigenvalue weighted by atomic mass is 127. The average molecular weight is 432 g/mol. The van der Waals surface area contributed by atoms with Crippen molar-refractivity contribution in [1.82, 2.24) is 0 Å². The lowest BCUT2D eigenvalue weighted by atomic mass is 10.1. The molecule has 0 aliphatic rings. The predicted molar refractivity (Wildman–Crippen MR) is 100 cm³/mol. The molecular formula is C17H19ClINO2. The molecule has 0 atom stereocenters. The van der Waals surface area contributed by atoms with Crippen LogP contribution < -0.4 is 14.8 Å². The van der Waals surface area contributed by atoms with Crippen LogP contribution >= 0.6 is 34.2 Å². The van der Waals surface area contributed by atoms with E-state index in [1.165, 1.54) is 0 Å². The first kappa shape index (κ1) is 17.2. The summed E-state index contributed by atoms with van der Waals surface area (Å²) in [6, 6.07) is 9.95. The van der Waals surface area contributed by atoms with Crippen molar-refractivity contribution in [3.63, 3.8) is 0 Å². The number of hydrogen-bond acceptors (Lipinski definition) is 3. The molecule has 0 bridgehead atoms. The molecule has 2 rings (SSSR count). The number of nitrogens with one attached hydrogen (secondary N) is 1. The van der Waals surface area contributed by atoms with E-state index < -0.39 is 0 Å². The molecule has 0 heterocycles. The van der Waals surface area contributed by atoms with E-state index in [1.807, 2.05) is 31.2 Å². The first-order valence-electron chi connectivity index (χ1n) is 7.04. The van der Waals surface area contributed by atoms with Crippen LogP contribution in [0.4, 0.5) is 5.69 Å². The van der Waals surface area contributed by atoms with Crippen LogP contribution in [0.5, 0.6) is 11.5 Å². The van der Waals surface area contributed by atoms with Crippen molar-refractivity contribution in [2.24, 2.45) is 0 Å². The van der Waals surface area contributed by atoms with Crippen molar-refractivity contribution >= 4 is 39.9 Å². The van der Waals surface area contributed by atoms with E-state index in [-0.39, 0.29) is 0 Å². The fourth-order valence-electron chi connectivity index (χ4n) is 2.17. The van der Waals surface area contributed by atoms with Crippen LogP contribution in [0.1, 0.15) is 18.1 Å². The molecule has 0 aliphatic heterocycles. The molecule has 0 fully saturated rings. The van der Waals surface area contributed by atoms with Gasteiger partial charge in [-0.25, -0.2) is 0 Å². The largest absolute Gasteiger partial charge is 0.492 e. The second-order valence-corrected chi connectivity index (χ2v) is 6.45. The maximum atomic E-state index is 6.05. The highest BCUT2D eigenvalue weighted by molar-refractivity contribution is 14.1. The van der Waals surface area contributed by atoms with Gasteiger partial charge in [-0.15, -0.1) is 0 Å². The number of rotatable bonds is 6. The van der Waals surface area contributed by atoms with E-state index >= 15 is 0 Å². The van der Waals surface area contributed by atoms with Crippen LogP contribution in [0.25, 0.3) is 0 Å². The van der Waals surface area contributed by atoms with Gasteiger partial charge >= 0.3 is 0 Å². The van der Waals surface area contributed by atoms with Crippen LogP contribution in [0.2, 0.25) is 5.02 Å². The van der Waals surface area contributed by atoms with Gasteiger partial charge in [-0.2, -0.15) is 0 Å². The average Bonchev–Trinajstić information content (AvgIpc) is 2.48. The molecule has 22 heavy (non-hydrogen) atoms. The molecule has 5 heteroatoms. The predicted octanol–water partition coefficient (Wildman–Crippen LogP) is 5.27. The van der Waals surface area contributed by atoms with Crippen LogP contribution in [-0.4, -0.2) is 13.7 Å². The minimum absolute atomic E-state index is 0.608. The Balaban J connectivity index is 2.21. The van der Waals surface area contributed by atoms with Gasteiger partial charge in [0.25, 0.3) is 0 Å². The van der Waals surface area contributed by atoms with E-state index in [4.69, 9.17) is 21.1 Å². The summed E-state index contributed by atoms with van der Waals surface area (Å²) in [5.74, 6) is 1.56. The SMILES string of the molecule is CCOc1cc(CNc2cc(Cl)ccc2C)cc(I)c1OC. The summed E-state index contributed by atoms with van der Waals surface area (Å²) in [5.41, 5.74) is 3.34. The summed E-state index contributed by atoms with van der Waals surface area (Å²) in [6.45, 7) is 5.33. The van der Waals surface area contributed by atoms with E-state index in [0.717, 1.165) is 36.9 Å². The Labute approximate surface area is 150 Å². The number of hydrogen-bond donors (Lipinski definition) is 1. The molecule has 2 aromatic carbocycles. The summed E-state index contributed by atoms with van der Waals surface area (Å²) < 4.78 is 12.1. The Morgan fingerprint density at radius 1 is 1.23 bits per heavy atom. The van der Waals surface area contributed by atoms with E-state index in [0.29, 0.717) is 13.2 Å². The number of aryl methyl sites for hydroxylation is 1. The molecule has 118 valence electrons. The maximum Gasteiger partial charge on any atom is 0.174 e. The van der Waals surface area contributed by atoms with E-state index in [9.17, 15) is 0 Å². The smallest absolute Gasteiger partial charge is 0.174 e. The molecule has 3 nitrogen and oxygen atoms in total. The molecule has 0 saturated carbocycles. The number of anilines is 1. The van der Waals surface area contributed by atoms with Crippen molar-refractivity contribution < 1.29 is 9.47 Å². The molecule has 0 aliphatic carbocycles. The van der Waals surface area contributed by atoms with Gasteiger partial charge in [-0.05, 0) is 71.8 Å². The second kappa shape index (κ2) is 7.92. The molecule has 1 N–H and O–H groups in total. The normalized spacial score (nSPS) is 10.4. The first-order chi connectivity index (χ1) is 10.5. The van der Waals surface area contributed by atoms with Gasteiger partial charge in [-0.3, -0.25) is 0 Å². The summed E-state index contributed by atoms with van der Waals surface area (Å²) >= 11 is 8.32. The number of methoxy groups -OCH3 is 1. The van der Waals surface area contributed by atoms with Gasteiger partial charge in [0.1, 0.15) is 0 Å². The molecule has 2 aromatic rings. The summed E-state index contributed by atoms with van der Waals surface area (Å²) in [4.78, 5) is 0. The summed E-state index contributed by atoms with van der Waals surface area (Å²) in [7, 11) is 1.66. The zero-order valence-electron chi connectivity index (χ0n) is 12.9. The molecule has 0 aromatic heterocycles. The van der Waals surface area contributed by atoms with Crippen LogP contribution in [0.3, 0.4) is 0 Å². The third-order valence-corrected chi connectivity index (χ3v) is 4.29. The van der Waals surface area contributed by atoms with Gasteiger partial charge in [0.05, 0.1) is 17.3 Å². The fraction of sp³-hybridized carbons (Fsp3) is 0.294. The second-order valence-electron chi connectivity index (χ2n) is 4.85. The molecule has 0 spiro atoms. The maximum absolute atomic E-state index is 6.05. The monoisotopic (exact) mass is 431 g/mol. The lowest BCUT2D eigenvalue weighted by Gasteiger charge is -2.15. The van der Waals surface area contributed by atoms with Crippen molar-refractivity contribution in [3.05, 3.63) is 50.1 Å². The van der Waals surface area contributed by atoms with Crippen LogP contribution in [0.15, 0.2) is 30.3 Å². The minimum atomic E-state index is 0.608. The quantitative estimate of drug-likeness (QED) is 0.632. The highest BCUT2D eigenvalue weighted by Crippen LogP contribution is 2.34. The molecule has 0 radical (unpaired) electrons. The topological polar surface area (TPSA) is 30.5 Å². The Morgan fingerprint density at radius 2 is 2.00 bits per heavy atom. The van der Waals surface area contributed by atoms with Crippen molar-refractivity contribution in [2.45, 2.75) is 20.4 Å². The van der Waals surface area contributed by atoms with Crippen molar-refractivity contribution in [3.8, 4) is 11.5 Å². The molecule has 0 saturated heterocycles. The molecular weight excluding hydrogens is 413 g/mol. The Kier molecular flexibility index (Phi) is 6.20. The molecule has 0 amide bonds. The Bertz CT molecular complexity index is 661. The van der Waals surface area contributed by atoms with Gasteiger partial charge in [0.2, 0.25) is 0 Å². The Hall–Kier alpha value is -1.14. The highest BCUT2D eigenvalue weighted by Gasteiger charge is 2.11. The summed E-state index contributed by atoms with van der Waals surface area (Å²) in [6.07, 6.45) is 0. The van der Waals surface area contributed by atoms with E-state index in [2.05, 4.69) is 40.9 Å². The van der Waals surface area contributed by atoms with Crippen molar-refractivity contribution in [1.29, 1.82) is 0 Å². The lowest BCUT2D eigenvalue weighted by molar-refractivity contribution is 0.309. The molecule has 0 unspecified atom stereocenters. The van der Waals surface area contributed by atoms with Crippen molar-refractivity contribution in [2.75, 3.05) is 19.0 Å². The van der Waals surface area contributed by atoms with Gasteiger partial charge < -0.3 is 14.8 Å². The number of ether oxygens (including phenoxy) is 2. The van der Waals surface area contributed by atoms with Gasteiger partial charge in [0, 0.05) is 17.3 Å². The summed E-state index contributed by atoms with van der Waals surface area (Å²) in [5, 5.41) is 4.15. The third-order valence-electron chi connectivity index (χ3n) is 3.26. The third kappa shape index (κ3) is 4.20. The zero-order chi connectivity index (χ0) is 16.1. The van der Waals surface area contributed by atoms with E-state index in [1.54, 1.807) is 7.11 Å². The van der Waals surface area contributed by atoms with Crippen LogP contribution in [0, 0.1) is 10.5 Å². The fourth-order valence-corrected chi connectivity index (χ4v) is 3.22. The lowest BCUT2D eigenvalue weighted by Crippen LogP contribution is -2.04. The standard InChI is InChI=1S/C17H19ClINO2/c1-4-22-16-8-12(7-14(19)17(16)21-3)10-20-15-9-13(18)6-5-11(15)2/h5-9,20H,4,10H2,1-3H3.